The van der Waals surface area contributed by atoms with Crippen LogP contribution >= 0.6 is 27.5 Å². The summed E-state index contributed by atoms with van der Waals surface area (Å²) in [5, 5.41) is 19.2. The van der Waals surface area contributed by atoms with Crippen LogP contribution < -0.4 is 16.0 Å². The molecule has 0 unspecified atom stereocenters. The molecule has 144 valence electrons. The molecule has 0 aliphatic rings. The summed E-state index contributed by atoms with van der Waals surface area (Å²) in [6.07, 6.45) is 0. The second-order valence-electron chi connectivity index (χ2n) is 5.88. The second-order valence-corrected chi connectivity index (χ2v) is 7.20. The quantitative estimate of drug-likeness (QED) is 0.579. The van der Waals surface area contributed by atoms with Crippen LogP contribution in [-0.4, -0.2) is 4.98 Å². The number of benzene rings is 2. The van der Waals surface area contributed by atoms with Gasteiger partial charge in [0.25, 0.3) is 5.56 Å². The Labute approximate surface area is 178 Å². The molecule has 0 radical (unpaired) electrons. The number of nitrogens with zero attached hydrogens (tertiary/aromatic N) is 2. The molecule has 0 bridgehead atoms. The molecule has 9 heteroatoms. The maximum Gasteiger partial charge on any atom is 0.268 e. The first-order valence-corrected chi connectivity index (χ1v) is 9.25. The maximum absolute atomic E-state index is 13.2. The summed E-state index contributed by atoms with van der Waals surface area (Å²) in [6.45, 7) is -0.00378. The minimum atomic E-state index is -0.716. The fraction of sp³-hybridized carbons (Fsp3) is 0.0500. The summed E-state index contributed by atoms with van der Waals surface area (Å²) in [5.41, 5.74) is 5.68. The van der Waals surface area contributed by atoms with Crippen molar-refractivity contribution in [1.82, 2.24) is 4.98 Å². The number of aromatic nitrogens is 1. The van der Waals surface area contributed by atoms with E-state index in [9.17, 15) is 19.7 Å². The lowest BCUT2D eigenvalue weighted by molar-refractivity contribution is 0.307. The zero-order chi connectivity index (χ0) is 21.1. The van der Waals surface area contributed by atoms with Crippen LogP contribution in [0.4, 0.5) is 10.2 Å². The highest BCUT2D eigenvalue weighted by molar-refractivity contribution is 9.10. The highest BCUT2D eigenvalue weighted by Gasteiger charge is 2.21. The molecular formula is C20H11BrClFN4O2. The van der Waals surface area contributed by atoms with Gasteiger partial charge in [-0.25, -0.2) is 4.39 Å². The molecule has 3 N–H and O–H groups in total. The van der Waals surface area contributed by atoms with Gasteiger partial charge in [-0.2, -0.15) is 10.5 Å². The monoisotopic (exact) mass is 472 g/mol. The van der Waals surface area contributed by atoms with Crippen molar-refractivity contribution in [3.8, 4) is 29.0 Å². The first-order chi connectivity index (χ1) is 13.8. The third kappa shape index (κ3) is 4.09. The lowest BCUT2D eigenvalue weighted by atomic mass is 9.96. The fourth-order valence-electron chi connectivity index (χ4n) is 2.73. The van der Waals surface area contributed by atoms with E-state index in [1.165, 1.54) is 18.2 Å². The summed E-state index contributed by atoms with van der Waals surface area (Å²) in [6, 6.07) is 12.6. The van der Waals surface area contributed by atoms with E-state index in [1.807, 2.05) is 12.1 Å². The zero-order valence-electron chi connectivity index (χ0n) is 14.6. The van der Waals surface area contributed by atoms with Crippen molar-refractivity contribution in [1.29, 1.82) is 10.5 Å². The van der Waals surface area contributed by atoms with Crippen LogP contribution in [0.15, 0.2) is 45.7 Å². The maximum atomic E-state index is 13.2. The van der Waals surface area contributed by atoms with E-state index >= 15 is 0 Å². The first kappa shape index (κ1) is 20.4. The molecule has 0 atom stereocenters. The molecule has 3 aromatic rings. The predicted molar refractivity (Wildman–Crippen MR) is 110 cm³/mol. The third-order valence-corrected chi connectivity index (χ3v) is 4.92. The number of aromatic amines is 1. The van der Waals surface area contributed by atoms with Gasteiger partial charge in [0.2, 0.25) is 0 Å². The molecule has 0 saturated heterocycles. The molecule has 0 amide bonds. The SMILES string of the molecule is N#Cc1c(N)[nH]c(=O)c(C#N)c1-c1cc(Br)ccc1OCc1ccc(F)cc1Cl. The number of anilines is 1. The number of H-pyrrole nitrogens is 1. The highest BCUT2D eigenvalue weighted by atomic mass is 79.9. The van der Waals surface area contributed by atoms with Gasteiger partial charge in [0.05, 0.1) is 5.02 Å². The van der Waals surface area contributed by atoms with Crippen LogP contribution in [0.5, 0.6) is 5.75 Å². The number of rotatable bonds is 4. The first-order valence-electron chi connectivity index (χ1n) is 8.08. The Bertz CT molecular complexity index is 1260. The number of hydrogen-bond acceptors (Lipinski definition) is 5. The van der Waals surface area contributed by atoms with Crippen molar-refractivity contribution < 1.29 is 9.13 Å². The van der Waals surface area contributed by atoms with Crippen molar-refractivity contribution in [2.45, 2.75) is 6.61 Å². The van der Waals surface area contributed by atoms with Crippen molar-refractivity contribution in [2.24, 2.45) is 0 Å². The van der Waals surface area contributed by atoms with E-state index in [-0.39, 0.29) is 39.9 Å². The summed E-state index contributed by atoms with van der Waals surface area (Å²) in [5.74, 6) is -0.343. The minimum absolute atomic E-state index is 0.00378. The van der Waals surface area contributed by atoms with Gasteiger partial charge in [-0.1, -0.05) is 33.6 Å². The molecule has 6 nitrogen and oxygen atoms in total. The smallest absolute Gasteiger partial charge is 0.268 e. The summed E-state index contributed by atoms with van der Waals surface area (Å²) < 4.78 is 19.7. The predicted octanol–water partition coefficient (Wildman–Crippen LogP) is 4.50. The Balaban J connectivity index is 2.15. The lowest BCUT2D eigenvalue weighted by Crippen LogP contribution is -2.16. The van der Waals surface area contributed by atoms with Crippen molar-refractivity contribution in [2.75, 3.05) is 5.73 Å². The normalized spacial score (nSPS) is 10.2. The molecule has 2 aromatic carbocycles. The topological polar surface area (TPSA) is 116 Å². The van der Waals surface area contributed by atoms with Gasteiger partial charge in [0.1, 0.15) is 47.3 Å². The average molecular weight is 474 g/mol. The Kier molecular flexibility index (Phi) is 5.88. The number of ether oxygens (including phenoxy) is 1. The molecule has 0 spiro atoms. The summed E-state index contributed by atoms with van der Waals surface area (Å²) >= 11 is 9.38. The van der Waals surface area contributed by atoms with Crippen LogP contribution in [-0.2, 0) is 6.61 Å². The van der Waals surface area contributed by atoms with E-state index in [0.717, 1.165) is 0 Å². The number of hydrogen-bond donors (Lipinski definition) is 2. The van der Waals surface area contributed by atoms with E-state index in [0.29, 0.717) is 15.6 Å². The van der Waals surface area contributed by atoms with Crippen LogP contribution in [0.25, 0.3) is 11.1 Å². The number of nitrogens with one attached hydrogen (secondary N) is 1. The largest absolute Gasteiger partial charge is 0.488 e. The number of halogens is 3. The van der Waals surface area contributed by atoms with E-state index in [1.54, 1.807) is 18.2 Å². The third-order valence-electron chi connectivity index (χ3n) is 4.08. The van der Waals surface area contributed by atoms with Crippen molar-refractivity contribution in [3.05, 3.63) is 78.8 Å². The van der Waals surface area contributed by atoms with Gasteiger partial charge >= 0.3 is 0 Å². The fourth-order valence-corrected chi connectivity index (χ4v) is 3.31. The van der Waals surface area contributed by atoms with Gasteiger partial charge < -0.3 is 15.5 Å². The molecule has 0 aliphatic heterocycles. The molecule has 29 heavy (non-hydrogen) atoms. The minimum Gasteiger partial charge on any atom is -0.488 e. The molecule has 0 aliphatic carbocycles. The van der Waals surface area contributed by atoms with Crippen LogP contribution in [0.1, 0.15) is 16.7 Å². The van der Waals surface area contributed by atoms with E-state index in [2.05, 4.69) is 20.9 Å². The highest BCUT2D eigenvalue weighted by Crippen LogP contribution is 2.37. The van der Waals surface area contributed by atoms with Gasteiger partial charge in [0.15, 0.2) is 0 Å². The van der Waals surface area contributed by atoms with Gasteiger partial charge in [0, 0.05) is 21.2 Å². The van der Waals surface area contributed by atoms with Crippen LogP contribution in [0, 0.1) is 28.5 Å². The number of nitrogens with two attached hydrogens (primary N) is 1. The van der Waals surface area contributed by atoms with Crippen molar-refractivity contribution in [3.63, 3.8) is 0 Å². The Hall–Kier alpha value is -3.33. The standard InChI is InChI=1S/C20H11BrClFN4O2/c21-11-2-4-17(29-9-10-1-3-12(23)6-16(10)22)13(5-11)18-14(7-24)19(26)27-20(28)15(18)8-25/h1-6H,9H2,(H3,26,27,28). The average Bonchev–Trinajstić information content (AvgIpc) is 2.67. The molecule has 1 aromatic heterocycles. The summed E-state index contributed by atoms with van der Waals surface area (Å²) in [7, 11) is 0. The molecule has 1 heterocycles. The lowest BCUT2D eigenvalue weighted by Gasteiger charge is -2.15. The molecule has 3 rings (SSSR count). The Morgan fingerprint density at radius 3 is 2.55 bits per heavy atom. The molecule has 0 saturated carbocycles. The number of nitriles is 2. The second kappa shape index (κ2) is 8.36. The molecular weight excluding hydrogens is 463 g/mol. The zero-order valence-corrected chi connectivity index (χ0v) is 16.9. The summed E-state index contributed by atoms with van der Waals surface area (Å²) in [4.78, 5) is 14.5. The Morgan fingerprint density at radius 2 is 1.90 bits per heavy atom. The van der Waals surface area contributed by atoms with Crippen LogP contribution in [0.3, 0.4) is 0 Å². The Morgan fingerprint density at radius 1 is 1.17 bits per heavy atom. The van der Waals surface area contributed by atoms with Crippen molar-refractivity contribution >= 4 is 33.3 Å². The number of nitrogen functional groups attached to an aromatic ring is 1. The van der Waals surface area contributed by atoms with Gasteiger partial charge in [-0.3, -0.25) is 4.79 Å². The van der Waals surface area contributed by atoms with Crippen LogP contribution in [0.2, 0.25) is 5.02 Å². The number of pyridine rings is 1. The molecule has 0 fully saturated rings. The van der Waals surface area contributed by atoms with Gasteiger partial charge in [-0.05, 0) is 30.3 Å². The van der Waals surface area contributed by atoms with E-state index < -0.39 is 11.4 Å². The van der Waals surface area contributed by atoms with Gasteiger partial charge in [-0.15, -0.1) is 0 Å². The van der Waals surface area contributed by atoms with E-state index in [4.69, 9.17) is 22.1 Å².